The van der Waals surface area contributed by atoms with Crippen molar-refractivity contribution >= 4 is 65.6 Å². The SMILES string of the molecule is CN(c1cccc(-c2ccc3c4ccccc4c4ccccc4c3c2)c1)c1ccc2c(c1)oc1ccccc12. The zero-order valence-corrected chi connectivity index (χ0v) is 21.6. The van der Waals surface area contributed by atoms with Crippen molar-refractivity contribution in [3.8, 4) is 11.1 Å². The van der Waals surface area contributed by atoms with Gasteiger partial charge >= 0.3 is 0 Å². The Labute approximate surface area is 226 Å². The highest BCUT2D eigenvalue weighted by molar-refractivity contribution is 6.25. The Kier molecular flexibility index (Phi) is 4.77. The van der Waals surface area contributed by atoms with Crippen molar-refractivity contribution in [1.82, 2.24) is 0 Å². The summed E-state index contributed by atoms with van der Waals surface area (Å²) in [7, 11) is 2.11. The molecule has 0 saturated heterocycles. The van der Waals surface area contributed by atoms with Gasteiger partial charge in [-0.05, 0) is 79.8 Å². The number of nitrogens with zero attached hydrogens (tertiary/aromatic N) is 1. The van der Waals surface area contributed by atoms with E-state index in [1.54, 1.807) is 0 Å². The molecule has 8 rings (SSSR count). The van der Waals surface area contributed by atoms with Crippen LogP contribution in [0.5, 0.6) is 0 Å². The van der Waals surface area contributed by atoms with Gasteiger partial charge in [-0.25, -0.2) is 0 Å². The fourth-order valence-corrected chi connectivity index (χ4v) is 6.05. The Bertz CT molecular complexity index is 2170. The van der Waals surface area contributed by atoms with Crippen LogP contribution in [0.2, 0.25) is 0 Å². The Balaban J connectivity index is 1.23. The summed E-state index contributed by atoms with van der Waals surface area (Å²) in [6.07, 6.45) is 0. The molecule has 0 unspecified atom stereocenters. The maximum absolute atomic E-state index is 6.15. The van der Waals surface area contributed by atoms with E-state index in [-0.39, 0.29) is 0 Å². The summed E-state index contributed by atoms with van der Waals surface area (Å²) >= 11 is 0. The van der Waals surface area contributed by atoms with E-state index in [0.29, 0.717) is 0 Å². The van der Waals surface area contributed by atoms with Crippen LogP contribution in [0.3, 0.4) is 0 Å². The monoisotopic (exact) mass is 499 g/mol. The number of rotatable bonds is 3. The van der Waals surface area contributed by atoms with Crippen molar-refractivity contribution in [2.45, 2.75) is 0 Å². The summed E-state index contributed by atoms with van der Waals surface area (Å²) in [6.45, 7) is 0. The fourth-order valence-electron chi connectivity index (χ4n) is 6.05. The molecule has 0 aliphatic heterocycles. The zero-order chi connectivity index (χ0) is 25.9. The number of fused-ring (bicyclic) bond motifs is 9. The summed E-state index contributed by atoms with van der Waals surface area (Å²) < 4.78 is 6.15. The van der Waals surface area contributed by atoms with Crippen molar-refractivity contribution in [3.63, 3.8) is 0 Å². The molecule has 2 heteroatoms. The quantitative estimate of drug-likeness (QED) is 0.225. The normalized spacial score (nSPS) is 11.7. The molecule has 2 nitrogen and oxygen atoms in total. The van der Waals surface area contributed by atoms with E-state index >= 15 is 0 Å². The van der Waals surface area contributed by atoms with Crippen LogP contribution in [-0.2, 0) is 0 Å². The third-order valence-corrected chi connectivity index (χ3v) is 8.06. The van der Waals surface area contributed by atoms with E-state index in [1.807, 2.05) is 12.1 Å². The summed E-state index contributed by atoms with van der Waals surface area (Å²) in [5, 5.41) is 10.1. The van der Waals surface area contributed by atoms with E-state index in [0.717, 1.165) is 33.3 Å². The molecular weight excluding hydrogens is 474 g/mol. The summed E-state index contributed by atoms with van der Waals surface area (Å²) in [5.74, 6) is 0. The molecule has 1 aromatic heterocycles. The van der Waals surface area contributed by atoms with Gasteiger partial charge in [-0.3, -0.25) is 0 Å². The van der Waals surface area contributed by atoms with Gasteiger partial charge in [-0.1, -0.05) is 91.0 Å². The molecule has 1 heterocycles. The van der Waals surface area contributed by atoms with Gasteiger partial charge in [0.2, 0.25) is 0 Å². The average molecular weight is 500 g/mol. The number of para-hydroxylation sites is 1. The maximum Gasteiger partial charge on any atom is 0.137 e. The standard InChI is InChI=1S/C37H25NO/c1-38(27-18-20-34-33-15-6-7-16-36(33)39-37(34)23-27)26-10-8-9-24(21-26)25-17-19-32-30-13-3-2-11-28(30)29-12-4-5-14-31(29)35(32)22-25/h2-23H,1H3. The van der Waals surface area contributed by atoms with Crippen LogP contribution in [0.25, 0.3) is 65.4 Å². The molecule has 39 heavy (non-hydrogen) atoms. The molecule has 0 fully saturated rings. The number of benzene rings is 7. The van der Waals surface area contributed by atoms with Gasteiger partial charge in [0.1, 0.15) is 11.2 Å². The van der Waals surface area contributed by atoms with Crippen LogP contribution < -0.4 is 4.90 Å². The molecule has 0 saturated carbocycles. The Morgan fingerprint density at radius 3 is 1.67 bits per heavy atom. The minimum Gasteiger partial charge on any atom is -0.456 e. The topological polar surface area (TPSA) is 16.4 Å². The molecule has 7 aromatic carbocycles. The van der Waals surface area contributed by atoms with Gasteiger partial charge in [0, 0.05) is 35.3 Å². The lowest BCUT2D eigenvalue weighted by molar-refractivity contribution is 0.669. The van der Waals surface area contributed by atoms with Crippen LogP contribution >= 0.6 is 0 Å². The maximum atomic E-state index is 6.15. The summed E-state index contributed by atoms with van der Waals surface area (Å²) in [6, 6.07) is 47.8. The first-order chi connectivity index (χ1) is 19.2. The molecule has 0 spiro atoms. The van der Waals surface area contributed by atoms with Crippen molar-refractivity contribution < 1.29 is 4.42 Å². The minimum atomic E-state index is 0.908. The van der Waals surface area contributed by atoms with E-state index in [4.69, 9.17) is 4.42 Å². The zero-order valence-electron chi connectivity index (χ0n) is 21.6. The van der Waals surface area contributed by atoms with Crippen LogP contribution in [0.4, 0.5) is 11.4 Å². The molecular formula is C37H25NO. The minimum absolute atomic E-state index is 0.908. The van der Waals surface area contributed by atoms with Gasteiger partial charge < -0.3 is 9.32 Å². The van der Waals surface area contributed by atoms with Gasteiger partial charge in [-0.15, -0.1) is 0 Å². The predicted molar refractivity (Wildman–Crippen MR) is 166 cm³/mol. The first kappa shape index (κ1) is 22.0. The second-order valence-corrected chi connectivity index (χ2v) is 10.2. The highest BCUT2D eigenvalue weighted by Crippen LogP contribution is 2.38. The van der Waals surface area contributed by atoms with Gasteiger partial charge in [0.25, 0.3) is 0 Å². The molecule has 184 valence electrons. The van der Waals surface area contributed by atoms with Gasteiger partial charge in [-0.2, -0.15) is 0 Å². The number of furan rings is 1. The van der Waals surface area contributed by atoms with Crippen LogP contribution in [0.15, 0.2) is 138 Å². The Morgan fingerprint density at radius 1 is 0.385 bits per heavy atom. The number of hydrogen-bond donors (Lipinski definition) is 0. The molecule has 0 amide bonds. The van der Waals surface area contributed by atoms with Gasteiger partial charge in [0.05, 0.1) is 0 Å². The molecule has 0 atom stereocenters. The van der Waals surface area contributed by atoms with Crippen LogP contribution in [-0.4, -0.2) is 7.05 Å². The van der Waals surface area contributed by atoms with Gasteiger partial charge in [0.15, 0.2) is 0 Å². The fraction of sp³-hybridized carbons (Fsp3) is 0.0270. The Hall–Kier alpha value is -5.08. The first-order valence-corrected chi connectivity index (χ1v) is 13.3. The van der Waals surface area contributed by atoms with Crippen molar-refractivity contribution in [1.29, 1.82) is 0 Å². The Morgan fingerprint density at radius 2 is 0.923 bits per heavy atom. The lowest BCUT2D eigenvalue weighted by atomic mass is 9.92. The second kappa shape index (κ2) is 8.47. The van der Waals surface area contributed by atoms with E-state index in [1.165, 1.54) is 43.4 Å². The average Bonchev–Trinajstić information content (AvgIpc) is 3.38. The van der Waals surface area contributed by atoms with E-state index in [9.17, 15) is 0 Å². The number of hydrogen-bond acceptors (Lipinski definition) is 2. The van der Waals surface area contributed by atoms with Crippen LogP contribution in [0, 0.1) is 0 Å². The van der Waals surface area contributed by atoms with Crippen molar-refractivity contribution in [2.75, 3.05) is 11.9 Å². The number of anilines is 2. The molecule has 8 aromatic rings. The lowest BCUT2D eigenvalue weighted by Crippen LogP contribution is -2.09. The van der Waals surface area contributed by atoms with E-state index in [2.05, 4.69) is 133 Å². The van der Waals surface area contributed by atoms with Crippen LogP contribution in [0.1, 0.15) is 0 Å². The highest BCUT2D eigenvalue weighted by Gasteiger charge is 2.13. The van der Waals surface area contributed by atoms with E-state index < -0.39 is 0 Å². The molecule has 0 aliphatic rings. The molecule has 0 N–H and O–H groups in total. The molecule has 0 radical (unpaired) electrons. The third-order valence-electron chi connectivity index (χ3n) is 8.06. The molecule has 0 aliphatic carbocycles. The van der Waals surface area contributed by atoms with Crippen molar-refractivity contribution in [2.24, 2.45) is 0 Å². The predicted octanol–water partition coefficient (Wildman–Crippen LogP) is 10.5. The summed E-state index contributed by atoms with van der Waals surface area (Å²) in [4.78, 5) is 2.22. The highest BCUT2D eigenvalue weighted by atomic mass is 16.3. The largest absolute Gasteiger partial charge is 0.456 e. The summed E-state index contributed by atoms with van der Waals surface area (Å²) in [5.41, 5.74) is 6.46. The smallest absolute Gasteiger partial charge is 0.137 e. The lowest BCUT2D eigenvalue weighted by Gasteiger charge is -2.20. The first-order valence-electron chi connectivity index (χ1n) is 13.3. The third kappa shape index (κ3) is 3.42. The second-order valence-electron chi connectivity index (χ2n) is 10.2. The van der Waals surface area contributed by atoms with Crippen molar-refractivity contribution in [3.05, 3.63) is 133 Å². The molecule has 0 bridgehead atoms.